The lowest BCUT2D eigenvalue weighted by atomic mass is 9.88. The number of carboxylic acid groups (broad SMARTS) is 2. The van der Waals surface area contributed by atoms with Crippen LogP contribution in [-0.4, -0.2) is 86.6 Å². The molecule has 3 N–H and O–H groups in total. The van der Waals surface area contributed by atoms with E-state index < -0.39 is 72.4 Å². The Hall–Kier alpha value is -4.10. The number of hydrogen-bond donors (Lipinski definition) is 3. The maximum absolute atomic E-state index is 12.8. The second-order valence-corrected chi connectivity index (χ2v) is 13.7. The Labute approximate surface area is 332 Å². The van der Waals surface area contributed by atoms with Crippen LogP contribution in [0.1, 0.15) is 58.1 Å². The van der Waals surface area contributed by atoms with Crippen molar-refractivity contribution in [3.8, 4) is 0 Å². The van der Waals surface area contributed by atoms with Crippen molar-refractivity contribution in [2.24, 2.45) is 0 Å². The van der Waals surface area contributed by atoms with Crippen molar-refractivity contribution in [3.05, 3.63) is 77.4 Å². The first kappa shape index (κ1) is 59.6. The van der Waals surface area contributed by atoms with E-state index in [1.807, 2.05) is 3.63 Å². The lowest BCUT2D eigenvalue weighted by molar-refractivity contribution is -0.165. The molecular formula is C31H38Cl2F8O14S2. The number of alkyl halides is 8. The van der Waals surface area contributed by atoms with Gasteiger partial charge < -0.3 is 24.8 Å². The number of esters is 2. The number of allylic oxidation sites excluding steroid dienone is 1. The van der Waals surface area contributed by atoms with Crippen LogP contribution < -0.4 is 0 Å². The average Bonchev–Trinajstić information content (AvgIpc) is 3.06. The van der Waals surface area contributed by atoms with Gasteiger partial charge in [0.15, 0.2) is 5.60 Å². The van der Waals surface area contributed by atoms with E-state index in [1.54, 1.807) is 0 Å². The number of hydrogen-bond acceptors (Lipinski definition) is 12. The van der Waals surface area contributed by atoms with E-state index in [-0.39, 0.29) is 63.4 Å². The molecule has 2 aromatic rings. The van der Waals surface area contributed by atoms with Crippen molar-refractivity contribution in [3.63, 3.8) is 0 Å². The summed E-state index contributed by atoms with van der Waals surface area (Å²) in [6.07, 6.45) is 1.41. The highest BCUT2D eigenvalue weighted by Crippen LogP contribution is 2.32. The van der Waals surface area contributed by atoms with Crippen LogP contribution in [0.4, 0.5) is 35.1 Å². The number of benzene rings is 2. The molecule has 0 aliphatic rings. The summed E-state index contributed by atoms with van der Waals surface area (Å²) in [4.78, 5) is 44.1. The van der Waals surface area contributed by atoms with E-state index in [4.69, 9.17) is 33.4 Å². The molecule has 0 aromatic heterocycles. The van der Waals surface area contributed by atoms with Gasteiger partial charge in [-0.3, -0.25) is 9.59 Å². The van der Waals surface area contributed by atoms with Crippen LogP contribution >= 0.6 is 23.2 Å². The van der Waals surface area contributed by atoms with E-state index in [1.165, 1.54) is 49.6 Å². The SMILES string of the molecule is C.C.COC(=O)/C(=C\CCC(=O)O)c1ccc(F)cc1.COC(=O)C(O)(CCCC(=O)O)c1ccc(F)cc1.ClCCl.O=S(=O)(OS(=O)(=O)C(F)(F)F)C(F)(F)F. The molecule has 0 bridgehead atoms. The molecule has 0 spiro atoms. The quantitative estimate of drug-likeness (QED) is 0.0600. The molecule has 1 unspecified atom stereocenters. The van der Waals surface area contributed by atoms with Gasteiger partial charge in [-0.2, -0.15) is 43.2 Å². The van der Waals surface area contributed by atoms with Crippen molar-refractivity contribution in [2.75, 3.05) is 19.6 Å². The molecule has 0 aliphatic heterocycles. The van der Waals surface area contributed by atoms with Gasteiger partial charge in [0.1, 0.15) is 11.6 Å². The molecule has 26 heteroatoms. The molecular weight excluding hydrogens is 883 g/mol. The standard InChI is InChI=1S/C13H15FO5.C13H13FO4.C2F6O5S2.CH2Cl2.2CH4/c1-19-12(17)13(18,8-2-3-11(15)16)9-4-6-10(14)7-5-9;1-18-13(17)11(3-2-4-12(15)16)9-5-7-10(14)8-6-9;3-1(4,5)14(9,10)13-15(11,12)2(6,7)8;2-1-3;;/h4-7,18H,2-3,8H2,1H3,(H,15,16);3,5-8H,2,4H2,1H3,(H,15,16);;1H2;2*1H4/b;11-3-;;;;. The fourth-order valence-corrected chi connectivity index (χ4v) is 4.91. The second kappa shape index (κ2) is 26.7. The Morgan fingerprint density at radius 3 is 1.44 bits per heavy atom. The summed E-state index contributed by atoms with van der Waals surface area (Å²) in [5.74, 6) is -4.35. The molecule has 0 fully saturated rings. The summed E-state index contributed by atoms with van der Waals surface area (Å²) in [7, 11) is -11.3. The summed E-state index contributed by atoms with van der Waals surface area (Å²) in [5, 5.41) is 27.7. The van der Waals surface area contributed by atoms with Crippen molar-refractivity contribution in [2.45, 2.75) is 63.6 Å². The molecule has 328 valence electrons. The van der Waals surface area contributed by atoms with Crippen molar-refractivity contribution in [1.82, 2.24) is 0 Å². The Kier molecular flexibility index (Phi) is 28.0. The summed E-state index contributed by atoms with van der Waals surface area (Å²) in [5.41, 5.74) is -13.6. The molecule has 1 atom stereocenters. The first-order chi connectivity index (χ1) is 25.1. The van der Waals surface area contributed by atoms with Gasteiger partial charge >= 0.3 is 55.1 Å². The third-order valence-corrected chi connectivity index (χ3v) is 8.35. The van der Waals surface area contributed by atoms with Gasteiger partial charge in [-0.05, 0) is 54.7 Å². The lowest BCUT2D eigenvalue weighted by Crippen LogP contribution is -2.37. The number of ether oxygens (including phenoxy) is 2. The highest BCUT2D eigenvalue weighted by Gasteiger charge is 2.57. The van der Waals surface area contributed by atoms with Crippen molar-refractivity contribution >= 4 is 72.9 Å². The third-order valence-electron chi connectivity index (χ3n) is 5.79. The van der Waals surface area contributed by atoms with Gasteiger partial charge in [0.05, 0.1) is 25.1 Å². The zero-order valence-corrected chi connectivity index (χ0v) is 31.0. The van der Waals surface area contributed by atoms with E-state index >= 15 is 0 Å². The van der Waals surface area contributed by atoms with Crippen LogP contribution in [0.3, 0.4) is 0 Å². The van der Waals surface area contributed by atoms with Gasteiger partial charge in [0.2, 0.25) is 0 Å². The zero-order valence-electron chi connectivity index (χ0n) is 27.9. The first-order valence-electron chi connectivity index (χ1n) is 14.1. The number of halogens is 10. The average molecular weight is 922 g/mol. The van der Waals surface area contributed by atoms with E-state index in [0.717, 1.165) is 19.2 Å². The van der Waals surface area contributed by atoms with Crippen molar-refractivity contribution < 1.29 is 99.6 Å². The normalized spacial score (nSPS) is 12.4. The number of methoxy groups -OCH3 is 2. The van der Waals surface area contributed by atoms with Crippen LogP contribution in [0.2, 0.25) is 0 Å². The van der Waals surface area contributed by atoms with Crippen LogP contribution in [0.25, 0.3) is 5.57 Å². The fraction of sp³-hybridized carbons (Fsp3) is 0.419. The van der Waals surface area contributed by atoms with Gasteiger partial charge in [0.25, 0.3) is 0 Å². The van der Waals surface area contributed by atoms with Crippen molar-refractivity contribution in [1.29, 1.82) is 0 Å². The molecule has 0 aliphatic carbocycles. The molecule has 0 saturated heterocycles. The Balaban J connectivity index is -0.000000353. The van der Waals surface area contributed by atoms with E-state index in [0.29, 0.717) is 5.56 Å². The van der Waals surface area contributed by atoms with Gasteiger partial charge in [-0.1, -0.05) is 45.2 Å². The summed E-state index contributed by atoms with van der Waals surface area (Å²) >= 11 is 9.53. The molecule has 0 heterocycles. The maximum Gasteiger partial charge on any atom is 0.524 e. The second-order valence-electron chi connectivity index (χ2n) is 9.62. The smallest absolute Gasteiger partial charge is 0.481 e. The van der Waals surface area contributed by atoms with Gasteiger partial charge in [0, 0.05) is 12.8 Å². The maximum atomic E-state index is 12.8. The number of aliphatic hydroxyl groups is 1. The molecule has 57 heavy (non-hydrogen) atoms. The predicted octanol–water partition coefficient (Wildman–Crippen LogP) is 7.08. The Bertz CT molecular complexity index is 1760. The minimum atomic E-state index is -6.85. The number of carbonyl (C=O) groups excluding carboxylic acids is 2. The highest BCUT2D eigenvalue weighted by molar-refractivity contribution is 8.00. The van der Waals surface area contributed by atoms with E-state index in [9.17, 15) is 76.2 Å². The Morgan fingerprint density at radius 1 is 0.719 bits per heavy atom. The summed E-state index contributed by atoms with van der Waals surface area (Å²) in [6.45, 7) is 0. The number of aliphatic carboxylic acids is 2. The molecule has 2 aromatic carbocycles. The van der Waals surface area contributed by atoms with Crippen LogP contribution in [0, 0.1) is 11.6 Å². The van der Waals surface area contributed by atoms with Gasteiger partial charge in [-0.15, -0.1) is 26.8 Å². The summed E-state index contributed by atoms with van der Waals surface area (Å²) < 4.78 is 145. The third kappa shape index (κ3) is 21.9. The number of carbonyl (C=O) groups is 4. The molecule has 0 radical (unpaired) electrons. The summed E-state index contributed by atoms with van der Waals surface area (Å²) in [6, 6.07) is 10.1. The number of rotatable bonds is 13. The monoisotopic (exact) mass is 920 g/mol. The largest absolute Gasteiger partial charge is 0.524 e. The van der Waals surface area contributed by atoms with Crippen LogP contribution in [0.15, 0.2) is 54.6 Å². The fourth-order valence-electron chi connectivity index (χ4n) is 3.35. The Morgan fingerprint density at radius 2 is 1.11 bits per heavy atom. The number of carboxylic acids is 2. The lowest BCUT2D eigenvalue weighted by Gasteiger charge is -2.25. The highest BCUT2D eigenvalue weighted by atomic mass is 35.5. The predicted molar refractivity (Wildman–Crippen MR) is 188 cm³/mol. The minimum absolute atomic E-state index is 0. The van der Waals surface area contributed by atoms with Crippen LogP contribution in [0.5, 0.6) is 0 Å². The first-order valence-corrected chi connectivity index (χ1v) is 18.0. The zero-order chi connectivity index (χ0) is 43.4. The molecule has 14 nitrogen and oxygen atoms in total. The van der Waals surface area contributed by atoms with E-state index in [2.05, 4.69) is 9.47 Å². The molecule has 0 amide bonds. The molecule has 2 rings (SSSR count). The minimum Gasteiger partial charge on any atom is -0.481 e. The van der Waals surface area contributed by atoms with Crippen LogP contribution in [-0.2, 0) is 58.1 Å². The molecule has 0 saturated carbocycles. The van der Waals surface area contributed by atoms with Gasteiger partial charge in [-0.25, -0.2) is 18.4 Å². The topological polar surface area (TPSA) is 225 Å².